The normalized spacial score (nSPS) is 13.1. The van der Waals surface area contributed by atoms with Crippen LogP contribution in [-0.4, -0.2) is 18.1 Å². The molecule has 1 unspecified atom stereocenters. The summed E-state index contributed by atoms with van der Waals surface area (Å²) in [4.78, 5) is 2.82. The molecule has 2 aromatic rings. The van der Waals surface area contributed by atoms with Crippen molar-refractivity contribution in [3.8, 4) is 0 Å². The van der Waals surface area contributed by atoms with Gasteiger partial charge in [0, 0.05) is 15.0 Å². The Balaban J connectivity index is 1.98. The first-order chi connectivity index (χ1) is 8.81. The Morgan fingerprint density at radius 2 is 1.78 bits per heavy atom. The Morgan fingerprint density at radius 3 is 2.22 bits per heavy atom. The fraction of sp³-hybridized carbons (Fsp3) is 0.429. The second-order valence-corrected chi connectivity index (χ2v) is 7.49. The number of thiophene rings is 2. The van der Waals surface area contributed by atoms with E-state index in [1.54, 1.807) is 0 Å². The first-order valence-electron chi connectivity index (χ1n) is 6.14. The van der Waals surface area contributed by atoms with Crippen molar-refractivity contribution in [1.82, 2.24) is 5.32 Å². The quantitative estimate of drug-likeness (QED) is 0.799. The van der Waals surface area contributed by atoms with Crippen LogP contribution in [0.2, 0.25) is 0 Å². The molecule has 2 rings (SSSR count). The fourth-order valence-corrected chi connectivity index (χ4v) is 3.86. The van der Waals surface area contributed by atoms with Crippen molar-refractivity contribution in [3.63, 3.8) is 0 Å². The van der Waals surface area contributed by atoms with Crippen LogP contribution in [0.1, 0.15) is 29.1 Å². The molecule has 0 bridgehead atoms. The molecule has 0 saturated heterocycles. The Bertz CT molecular complexity index is 388. The maximum Gasteiger partial charge on any atom is 0.0764 e. The standard InChI is InChI=1S/C14H19NS3/c1-11(16-2)7-8-15-14(12-5-3-9-17-12)13-6-4-10-18-13/h3-6,9-11,14-15H,7-8H2,1-2H3. The summed E-state index contributed by atoms with van der Waals surface area (Å²) in [5.74, 6) is 0. The lowest BCUT2D eigenvalue weighted by Gasteiger charge is -2.17. The van der Waals surface area contributed by atoms with Gasteiger partial charge in [-0.1, -0.05) is 19.1 Å². The van der Waals surface area contributed by atoms with Crippen molar-refractivity contribution in [2.45, 2.75) is 24.6 Å². The Labute approximate surface area is 122 Å². The summed E-state index contributed by atoms with van der Waals surface area (Å²) in [6.07, 6.45) is 3.40. The topological polar surface area (TPSA) is 12.0 Å². The number of thioether (sulfide) groups is 1. The van der Waals surface area contributed by atoms with Gasteiger partial charge in [0.25, 0.3) is 0 Å². The molecule has 18 heavy (non-hydrogen) atoms. The fourth-order valence-electron chi connectivity index (χ4n) is 1.80. The molecule has 0 radical (unpaired) electrons. The van der Waals surface area contributed by atoms with Crippen LogP contribution in [0, 0.1) is 0 Å². The number of hydrogen-bond donors (Lipinski definition) is 1. The monoisotopic (exact) mass is 297 g/mol. The summed E-state index contributed by atoms with van der Waals surface area (Å²) in [7, 11) is 0. The van der Waals surface area contributed by atoms with E-state index in [4.69, 9.17) is 0 Å². The average molecular weight is 298 g/mol. The zero-order valence-electron chi connectivity index (χ0n) is 10.8. The second kappa shape index (κ2) is 7.34. The van der Waals surface area contributed by atoms with Crippen LogP contribution in [0.15, 0.2) is 35.0 Å². The van der Waals surface area contributed by atoms with Gasteiger partial charge in [0.1, 0.15) is 0 Å². The van der Waals surface area contributed by atoms with Crippen molar-refractivity contribution in [3.05, 3.63) is 44.8 Å². The first kappa shape index (κ1) is 14.1. The van der Waals surface area contributed by atoms with E-state index in [1.807, 2.05) is 34.4 Å². The maximum absolute atomic E-state index is 3.70. The van der Waals surface area contributed by atoms with Gasteiger partial charge in [-0.15, -0.1) is 22.7 Å². The molecule has 0 aliphatic heterocycles. The van der Waals surface area contributed by atoms with Gasteiger partial charge in [0.05, 0.1) is 6.04 Å². The average Bonchev–Trinajstić information content (AvgIpc) is 3.06. The summed E-state index contributed by atoms with van der Waals surface area (Å²) in [5, 5.41) is 8.73. The van der Waals surface area contributed by atoms with Crippen molar-refractivity contribution in [2.24, 2.45) is 0 Å². The number of rotatable bonds is 7. The molecule has 0 aromatic carbocycles. The molecule has 0 saturated carbocycles. The lowest BCUT2D eigenvalue weighted by Crippen LogP contribution is -2.23. The van der Waals surface area contributed by atoms with Crippen LogP contribution < -0.4 is 5.32 Å². The molecule has 1 atom stereocenters. The van der Waals surface area contributed by atoms with Crippen molar-refractivity contribution < 1.29 is 0 Å². The summed E-state index contributed by atoms with van der Waals surface area (Å²) < 4.78 is 0. The Kier molecular flexibility index (Phi) is 5.76. The number of nitrogens with one attached hydrogen (secondary N) is 1. The van der Waals surface area contributed by atoms with Gasteiger partial charge in [-0.05, 0) is 42.1 Å². The predicted molar refractivity (Wildman–Crippen MR) is 86.1 cm³/mol. The van der Waals surface area contributed by atoms with Crippen LogP contribution in [0.3, 0.4) is 0 Å². The van der Waals surface area contributed by atoms with E-state index in [0.29, 0.717) is 6.04 Å². The summed E-state index contributed by atoms with van der Waals surface area (Å²) in [5.41, 5.74) is 0. The molecule has 2 heterocycles. The Morgan fingerprint density at radius 1 is 1.17 bits per heavy atom. The second-order valence-electron chi connectivity index (χ2n) is 4.25. The van der Waals surface area contributed by atoms with E-state index < -0.39 is 0 Å². The van der Waals surface area contributed by atoms with Gasteiger partial charge in [-0.3, -0.25) is 0 Å². The third-order valence-electron chi connectivity index (χ3n) is 2.96. The molecule has 1 N–H and O–H groups in total. The first-order valence-corrected chi connectivity index (χ1v) is 9.19. The van der Waals surface area contributed by atoms with E-state index in [9.17, 15) is 0 Å². The molecule has 0 amide bonds. The summed E-state index contributed by atoms with van der Waals surface area (Å²) in [6.45, 7) is 3.36. The zero-order valence-corrected chi connectivity index (χ0v) is 13.2. The van der Waals surface area contributed by atoms with Gasteiger partial charge in [0.2, 0.25) is 0 Å². The smallest absolute Gasteiger partial charge is 0.0764 e. The van der Waals surface area contributed by atoms with E-state index in [-0.39, 0.29) is 0 Å². The molecular weight excluding hydrogens is 278 g/mol. The van der Waals surface area contributed by atoms with Crippen LogP contribution in [0.5, 0.6) is 0 Å². The zero-order chi connectivity index (χ0) is 12.8. The van der Waals surface area contributed by atoms with Crippen molar-refractivity contribution in [2.75, 3.05) is 12.8 Å². The highest BCUT2D eigenvalue weighted by molar-refractivity contribution is 7.99. The van der Waals surface area contributed by atoms with Crippen LogP contribution in [0.25, 0.3) is 0 Å². The minimum atomic E-state index is 0.374. The predicted octanol–water partition coefficient (Wildman–Crippen LogP) is 4.63. The highest BCUT2D eigenvalue weighted by Gasteiger charge is 2.15. The van der Waals surface area contributed by atoms with Crippen LogP contribution >= 0.6 is 34.4 Å². The van der Waals surface area contributed by atoms with E-state index in [0.717, 1.165) is 11.8 Å². The Hall–Kier alpha value is -0.290. The van der Waals surface area contributed by atoms with Crippen LogP contribution in [-0.2, 0) is 0 Å². The number of hydrogen-bond acceptors (Lipinski definition) is 4. The molecule has 98 valence electrons. The van der Waals surface area contributed by atoms with Gasteiger partial charge in [0.15, 0.2) is 0 Å². The lowest BCUT2D eigenvalue weighted by atomic mass is 10.2. The molecule has 0 spiro atoms. The van der Waals surface area contributed by atoms with Crippen molar-refractivity contribution in [1.29, 1.82) is 0 Å². The third kappa shape index (κ3) is 3.85. The summed E-state index contributed by atoms with van der Waals surface area (Å²) >= 11 is 5.60. The molecule has 1 nitrogen and oxygen atoms in total. The summed E-state index contributed by atoms with van der Waals surface area (Å²) in [6, 6.07) is 9.08. The minimum absolute atomic E-state index is 0.374. The highest BCUT2D eigenvalue weighted by Crippen LogP contribution is 2.29. The molecule has 0 aliphatic rings. The van der Waals surface area contributed by atoms with E-state index in [1.165, 1.54) is 16.2 Å². The van der Waals surface area contributed by atoms with Crippen molar-refractivity contribution >= 4 is 34.4 Å². The largest absolute Gasteiger partial charge is 0.305 e. The molecule has 2 aromatic heterocycles. The van der Waals surface area contributed by atoms with Gasteiger partial charge in [-0.2, -0.15) is 11.8 Å². The van der Waals surface area contributed by atoms with Crippen LogP contribution in [0.4, 0.5) is 0 Å². The minimum Gasteiger partial charge on any atom is -0.305 e. The SMILES string of the molecule is CSC(C)CCNC(c1cccs1)c1cccs1. The maximum atomic E-state index is 3.70. The third-order valence-corrected chi connectivity index (χ3v) is 5.87. The highest BCUT2D eigenvalue weighted by atomic mass is 32.2. The van der Waals surface area contributed by atoms with Gasteiger partial charge < -0.3 is 5.32 Å². The molecule has 4 heteroatoms. The molecule has 0 fully saturated rings. The van der Waals surface area contributed by atoms with E-state index in [2.05, 4.69) is 53.5 Å². The van der Waals surface area contributed by atoms with Gasteiger partial charge in [-0.25, -0.2) is 0 Å². The molecular formula is C14H19NS3. The van der Waals surface area contributed by atoms with Gasteiger partial charge >= 0.3 is 0 Å². The molecule has 0 aliphatic carbocycles. The lowest BCUT2D eigenvalue weighted by molar-refractivity contribution is 0.595. The van der Waals surface area contributed by atoms with E-state index >= 15 is 0 Å².